The zero-order valence-electron chi connectivity index (χ0n) is 9.10. The standard InChI is InChI=1S/C10H12N4O2/c1-6(2)7(15)5-8-11-10-12-9(16)3-4-14(10)13-8/h3-4,6H,5H2,1-2H3,(H,11,12,13,16). The molecule has 2 aromatic heterocycles. The molecule has 0 saturated heterocycles. The minimum Gasteiger partial charge on any atom is -0.299 e. The van der Waals surface area contributed by atoms with Crippen LogP contribution in [0.15, 0.2) is 17.1 Å². The van der Waals surface area contributed by atoms with E-state index in [1.54, 1.807) is 0 Å². The van der Waals surface area contributed by atoms with Gasteiger partial charge in [0, 0.05) is 18.2 Å². The summed E-state index contributed by atoms with van der Waals surface area (Å²) in [6.07, 6.45) is 1.71. The third kappa shape index (κ3) is 2.00. The number of rotatable bonds is 3. The van der Waals surface area contributed by atoms with Gasteiger partial charge in [-0.3, -0.25) is 14.6 Å². The number of H-pyrrole nitrogens is 1. The van der Waals surface area contributed by atoms with E-state index in [1.165, 1.54) is 16.8 Å². The Balaban J connectivity index is 2.33. The number of Topliss-reactive ketones (excluding diaryl/α,β-unsaturated/α-hetero) is 1. The minimum atomic E-state index is -0.235. The lowest BCUT2D eigenvalue weighted by molar-refractivity contribution is -0.121. The highest BCUT2D eigenvalue weighted by molar-refractivity contribution is 5.81. The van der Waals surface area contributed by atoms with Gasteiger partial charge in [-0.25, -0.2) is 4.52 Å². The molecule has 2 heterocycles. The molecule has 0 radical (unpaired) electrons. The molecule has 1 N–H and O–H groups in total. The topological polar surface area (TPSA) is 80.1 Å². The first-order valence-electron chi connectivity index (χ1n) is 5.03. The average molecular weight is 220 g/mol. The monoisotopic (exact) mass is 220 g/mol. The van der Waals surface area contributed by atoms with Crippen LogP contribution in [-0.4, -0.2) is 25.4 Å². The summed E-state index contributed by atoms with van der Waals surface area (Å²) >= 11 is 0. The van der Waals surface area contributed by atoms with Crippen LogP contribution in [0.4, 0.5) is 0 Å². The highest BCUT2D eigenvalue weighted by atomic mass is 16.1. The Morgan fingerprint density at radius 3 is 3.00 bits per heavy atom. The van der Waals surface area contributed by atoms with Crippen molar-refractivity contribution in [3.8, 4) is 0 Å². The second kappa shape index (κ2) is 3.88. The SMILES string of the molecule is CC(C)C(=O)Cc1nc2[nH]c(=O)ccn2n1. The Hall–Kier alpha value is -1.98. The zero-order valence-corrected chi connectivity index (χ0v) is 9.10. The number of fused-ring (bicyclic) bond motifs is 1. The Bertz CT molecular complexity index is 582. The molecule has 2 rings (SSSR count). The van der Waals surface area contributed by atoms with Crippen LogP contribution in [0.3, 0.4) is 0 Å². The molecule has 2 aromatic rings. The normalized spacial score (nSPS) is 11.2. The van der Waals surface area contributed by atoms with Crippen LogP contribution >= 0.6 is 0 Å². The molecule has 84 valence electrons. The molecule has 6 nitrogen and oxygen atoms in total. The number of nitrogens with one attached hydrogen (secondary N) is 1. The number of aromatic amines is 1. The van der Waals surface area contributed by atoms with Crippen molar-refractivity contribution >= 4 is 11.6 Å². The molecular formula is C10H12N4O2. The molecule has 0 unspecified atom stereocenters. The summed E-state index contributed by atoms with van der Waals surface area (Å²) in [5.74, 6) is 0.837. The summed E-state index contributed by atoms with van der Waals surface area (Å²) in [7, 11) is 0. The summed E-state index contributed by atoms with van der Waals surface area (Å²) in [6.45, 7) is 3.67. The number of nitrogens with zero attached hydrogens (tertiary/aromatic N) is 3. The Labute approximate surface area is 91.3 Å². The van der Waals surface area contributed by atoms with Gasteiger partial charge in [-0.15, -0.1) is 5.10 Å². The highest BCUT2D eigenvalue weighted by Crippen LogP contribution is 2.02. The molecule has 0 aliphatic rings. The van der Waals surface area contributed by atoms with E-state index in [4.69, 9.17) is 0 Å². The molecule has 0 aromatic carbocycles. The average Bonchev–Trinajstić information content (AvgIpc) is 2.58. The van der Waals surface area contributed by atoms with Crippen LogP contribution in [-0.2, 0) is 11.2 Å². The van der Waals surface area contributed by atoms with Crippen molar-refractivity contribution in [1.82, 2.24) is 19.6 Å². The van der Waals surface area contributed by atoms with Gasteiger partial charge in [0.25, 0.3) is 5.56 Å². The summed E-state index contributed by atoms with van der Waals surface area (Å²) in [5, 5.41) is 4.09. The van der Waals surface area contributed by atoms with E-state index in [2.05, 4.69) is 15.1 Å². The van der Waals surface area contributed by atoms with Crippen molar-refractivity contribution in [2.75, 3.05) is 0 Å². The van der Waals surface area contributed by atoms with Crippen LogP contribution in [0, 0.1) is 5.92 Å². The van der Waals surface area contributed by atoms with Crippen molar-refractivity contribution in [2.24, 2.45) is 5.92 Å². The van der Waals surface area contributed by atoms with Crippen LogP contribution in [0.2, 0.25) is 0 Å². The maximum atomic E-state index is 11.5. The molecule has 0 amide bonds. The molecule has 0 atom stereocenters. The van der Waals surface area contributed by atoms with Gasteiger partial charge in [-0.2, -0.15) is 4.98 Å². The number of carbonyl (C=O) groups excluding carboxylic acids is 1. The predicted molar refractivity (Wildman–Crippen MR) is 57.2 cm³/mol. The van der Waals surface area contributed by atoms with E-state index < -0.39 is 0 Å². The predicted octanol–water partition coefficient (Wildman–Crippen LogP) is 0.185. The van der Waals surface area contributed by atoms with Gasteiger partial charge in [0.2, 0.25) is 5.78 Å². The van der Waals surface area contributed by atoms with Gasteiger partial charge < -0.3 is 0 Å². The van der Waals surface area contributed by atoms with Gasteiger partial charge in [0.05, 0.1) is 6.42 Å². The van der Waals surface area contributed by atoms with Gasteiger partial charge in [0.15, 0.2) is 5.82 Å². The van der Waals surface area contributed by atoms with E-state index in [9.17, 15) is 9.59 Å². The third-order valence-electron chi connectivity index (χ3n) is 2.25. The maximum absolute atomic E-state index is 11.5. The quantitative estimate of drug-likeness (QED) is 0.800. The molecule has 0 aliphatic carbocycles. The van der Waals surface area contributed by atoms with Crippen molar-refractivity contribution in [1.29, 1.82) is 0 Å². The van der Waals surface area contributed by atoms with Crippen LogP contribution in [0.5, 0.6) is 0 Å². The van der Waals surface area contributed by atoms with Gasteiger partial charge in [-0.05, 0) is 0 Å². The summed E-state index contributed by atoms with van der Waals surface area (Å²) < 4.78 is 1.45. The fourth-order valence-corrected chi connectivity index (χ4v) is 1.28. The molecular weight excluding hydrogens is 208 g/mol. The maximum Gasteiger partial charge on any atom is 0.252 e. The molecule has 0 spiro atoms. The molecule has 16 heavy (non-hydrogen) atoms. The van der Waals surface area contributed by atoms with Crippen LogP contribution in [0.1, 0.15) is 19.7 Å². The smallest absolute Gasteiger partial charge is 0.252 e. The van der Waals surface area contributed by atoms with Gasteiger partial charge in [-0.1, -0.05) is 13.8 Å². The van der Waals surface area contributed by atoms with Crippen LogP contribution < -0.4 is 5.56 Å². The highest BCUT2D eigenvalue weighted by Gasteiger charge is 2.12. The number of hydrogen-bond acceptors (Lipinski definition) is 4. The minimum absolute atomic E-state index is 0.0364. The molecule has 0 saturated carbocycles. The van der Waals surface area contributed by atoms with E-state index in [1.807, 2.05) is 13.8 Å². The first kappa shape index (κ1) is 10.5. The molecule has 0 bridgehead atoms. The number of carbonyl (C=O) groups is 1. The first-order chi connectivity index (χ1) is 7.56. The number of ketones is 1. The third-order valence-corrected chi connectivity index (χ3v) is 2.25. The van der Waals surface area contributed by atoms with Gasteiger partial charge >= 0.3 is 0 Å². The molecule has 6 heteroatoms. The van der Waals surface area contributed by atoms with Crippen molar-refractivity contribution in [3.05, 3.63) is 28.4 Å². The lowest BCUT2D eigenvalue weighted by Crippen LogP contribution is -2.11. The second-order valence-electron chi connectivity index (χ2n) is 3.90. The lowest BCUT2D eigenvalue weighted by Gasteiger charge is -1.98. The second-order valence-corrected chi connectivity index (χ2v) is 3.90. The fourth-order valence-electron chi connectivity index (χ4n) is 1.28. The summed E-state index contributed by atoms with van der Waals surface area (Å²) in [6, 6.07) is 1.36. The Morgan fingerprint density at radius 1 is 1.56 bits per heavy atom. The van der Waals surface area contributed by atoms with Crippen LogP contribution in [0.25, 0.3) is 5.78 Å². The Morgan fingerprint density at radius 2 is 2.31 bits per heavy atom. The van der Waals surface area contributed by atoms with E-state index in [0.29, 0.717) is 11.6 Å². The largest absolute Gasteiger partial charge is 0.299 e. The Kier molecular flexibility index (Phi) is 2.55. The van der Waals surface area contributed by atoms with Crippen molar-refractivity contribution in [2.45, 2.75) is 20.3 Å². The number of hydrogen-bond donors (Lipinski definition) is 1. The molecule has 0 aliphatic heterocycles. The van der Waals surface area contributed by atoms with Crippen molar-refractivity contribution in [3.63, 3.8) is 0 Å². The van der Waals surface area contributed by atoms with E-state index in [-0.39, 0.29) is 23.7 Å². The van der Waals surface area contributed by atoms with E-state index in [0.717, 1.165) is 0 Å². The summed E-state index contributed by atoms with van der Waals surface area (Å²) in [4.78, 5) is 29.1. The zero-order chi connectivity index (χ0) is 11.7. The van der Waals surface area contributed by atoms with E-state index >= 15 is 0 Å². The summed E-state index contributed by atoms with van der Waals surface area (Å²) in [5.41, 5.74) is -0.235. The van der Waals surface area contributed by atoms with Gasteiger partial charge in [0.1, 0.15) is 5.78 Å². The van der Waals surface area contributed by atoms with Crippen molar-refractivity contribution < 1.29 is 4.79 Å². The fraction of sp³-hybridized carbons (Fsp3) is 0.400. The molecule has 0 fully saturated rings. The lowest BCUT2D eigenvalue weighted by atomic mass is 10.1. The number of aromatic nitrogens is 4. The first-order valence-corrected chi connectivity index (χ1v) is 5.03.